The Morgan fingerprint density at radius 1 is 1.21 bits per heavy atom. The lowest BCUT2D eigenvalue weighted by atomic mass is 10.1. The van der Waals surface area contributed by atoms with Crippen LogP contribution in [0.15, 0.2) is 52.3 Å². The predicted octanol–water partition coefficient (Wildman–Crippen LogP) is 2.56. The summed E-state index contributed by atoms with van der Waals surface area (Å²) in [5.74, 6) is 0. The first-order chi connectivity index (χ1) is 16.0. The van der Waals surface area contributed by atoms with E-state index in [1.54, 1.807) is 37.5 Å². The van der Waals surface area contributed by atoms with Gasteiger partial charge in [0.2, 0.25) is 0 Å². The van der Waals surface area contributed by atoms with Crippen LogP contribution in [0.1, 0.15) is 17.5 Å². The highest BCUT2D eigenvalue weighted by molar-refractivity contribution is 7.22. The summed E-state index contributed by atoms with van der Waals surface area (Å²) in [5, 5.41) is 21.6. The van der Waals surface area contributed by atoms with Crippen molar-refractivity contribution < 1.29 is 0 Å². The zero-order valence-electron chi connectivity index (χ0n) is 17.7. The van der Waals surface area contributed by atoms with Gasteiger partial charge in [0.1, 0.15) is 4.70 Å². The maximum Gasteiger partial charge on any atom is 0.336 e. The lowest BCUT2D eigenvalue weighted by Crippen LogP contribution is -2.39. The largest absolute Gasteiger partial charge is 0.386 e. The van der Waals surface area contributed by atoms with Crippen LogP contribution in [-0.2, 0) is 13.1 Å². The van der Waals surface area contributed by atoms with Crippen molar-refractivity contribution in [3.63, 3.8) is 0 Å². The van der Waals surface area contributed by atoms with E-state index in [0.29, 0.717) is 37.5 Å². The highest BCUT2D eigenvalue weighted by Crippen LogP contribution is 2.33. The number of rotatable bonds is 6. The Morgan fingerprint density at radius 2 is 2.00 bits per heavy atom. The van der Waals surface area contributed by atoms with Crippen LogP contribution in [0.3, 0.4) is 0 Å². The van der Waals surface area contributed by atoms with Crippen LogP contribution in [-0.4, -0.2) is 21.2 Å². The molecule has 0 aliphatic carbocycles. The molecule has 0 aliphatic heterocycles. The molecule has 0 unspecified atom stereocenters. The fourth-order valence-corrected chi connectivity index (χ4v) is 4.90. The number of benzene rings is 1. The second-order valence-electron chi connectivity index (χ2n) is 7.11. The molecule has 3 N–H and O–H groups in total. The van der Waals surface area contributed by atoms with Crippen LogP contribution in [0.25, 0.3) is 26.3 Å². The molecule has 1 aromatic carbocycles. The summed E-state index contributed by atoms with van der Waals surface area (Å²) >= 11 is 1.20. The minimum atomic E-state index is -0.576. The van der Waals surface area contributed by atoms with Crippen LogP contribution in [0, 0.1) is 22.7 Å². The van der Waals surface area contributed by atoms with Crippen molar-refractivity contribution in [3.8, 4) is 28.3 Å². The molecule has 9 nitrogen and oxygen atoms in total. The van der Waals surface area contributed by atoms with E-state index in [-0.39, 0.29) is 25.2 Å². The maximum absolute atomic E-state index is 13.6. The third kappa shape index (κ3) is 3.68. The van der Waals surface area contributed by atoms with Crippen LogP contribution in [0.2, 0.25) is 0 Å². The van der Waals surface area contributed by atoms with E-state index >= 15 is 0 Å². The number of nitrogens with one attached hydrogen (secondary N) is 1. The number of nitrogens with two attached hydrogens (primary N) is 1. The number of aryl methyl sites for hydroxylation is 1. The number of hydrogen-bond acceptors (Lipinski definition) is 8. The number of pyridine rings is 1. The summed E-state index contributed by atoms with van der Waals surface area (Å²) in [6.07, 6.45) is 3.11. The fraction of sp³-hybridized carbons (Fsp3) is 0.174. The Bertz CT molecular complexity index is 1570. The fourth-order valence-electron chi connectivity index (χ4n) is 3.77. The van der Waals surface area contributed by atoms with Crippen molar-refractivity contribution >= 4 is 27.2 Å². The normalized spacial score (nSPS) is 10.7. The van der Waals surface area contributed by atoms with E-state index in [1.165, 1.54) is 22.1 Å². The molecule has 0 aliphatic rings. The van der Waals surface area contributed by atoms with Crippen LogP contribution < -0.4 is 22.3 Å². The lowest BCUT2D eigenvalue weighted by molar-refractivity contribution is 0.662. The van der Waals surface area contributed by atoms with Gasteiger partial charge in [-0.25, -0.2) is 9.36 Å². The molecule has 0 fully saturated rings. The highest BCUT2D eigenvalue weighted by Gasteiger charge is 2.21. The van der Waals surface area contributed by atoms with Gasteiger partial charge in [0.15, 0.2) is 0 Å². The van der Waals surface area contributed by atoms with E-state index in [0.717, 1.165) is 4.57 Å². The summed E-state index contributed by atoms with van der Waals surface area (Å²) in [6.45, 7) is 0.284. The molecule has 0 atom stereocenters. The molecule has 3 aromatic heterocycles. The van der Waals surface area contributed by atoms with Crippen molar-refractivity contribution in [2.24, 2.45) is 5.73 Å². The first-order valence-electron chi connectivity index (χ1n) is 10.1. The standard InChI is InChI=1S/C23H19N7O2S/c1-27-20-15(11-26)12-28-13-18(20)30-22(31)21-17(29(23(30)32)8-4-7-24)9-19(33-21)16-6-3-2-5-14(16)10-25/h2-3,5-6,9,12-13H,4,8,11,26H2,1H3,(H,27,28). The average Bonchev–Trinajstić information content (AvgIpc) is 3.29. The molecule has 0 bridgehead atoms. The lowest BCUT2D eigenvalue weighted by Gasteiger charge is -2.16. The van der Waals surface area contributed by atoms with E-state index in [1.807, 2.05) is 6.07 Å². The Labute approximate surface area is 192 Å². The average molecular weight is 458 g/mol. The molecule has 0 radical (unpaired) electrons. The molecule has 0 saturated heterocycles. The molecular formula is C23H19N7O2S. The molecule has 0 amide bonds. The van der Waals surface area contributed by atoms with E-state index in [9.17, 15) is 14.9 Å². The number of thiophene rings is 1. The highest BCUT2D eigenvalue weighted by atomic mass is 32.1. The van der Waals surface area contributed by atoms with Gasteiger partial charge >= 0.3 is 5.69 Å². The Balaban J connectivity index is 2.09. The summed E-state index contributed by atoms with van der Waals surface area (Å²) in [6, 6.07) is 13.0. The predicted molar refractivity (Wildman–Crippen MR) is 127 cm³/mol. The van der Waals surface area contributed by atoms with E-state index in [2.05, 4.69) is 22.4 Å². The van der Waals surface area contributed by atoms with Gasteiger partial charge in [0, 0.05) is 42.3 Å². The summed E-state index contributed by atoms with van der Waals surface area (Å²) in [7, 11) is 1.68. The van der Waals surface area contributed by atoms with Gasteiger partial charge in [-0.2, -0.15) is 10.5 Å². The maximum atomic E-state index is 13.6. The zero-order valence-corrected chi connectivity index (χ0v) is 18.5. The smallest absolute Gasteiger partial charge is 0.336 e. The monoisotopic (exact) mass is 457 g/mol. The van der Waals surface area contributed by atoms with Gasteiger partial charge in [-0.1, -0.05) is 18.2 Å². The van der Waals surface area contributed by atoms with Crippen molar-refractivity contribution in [2.75, 3.05) is 12.4 Å². The van der Waals surface area contributed by atoms with Gasteiger partial charge < -0.3 is 11.1 Å². The minimum Gasteiger partial charge on any atom is -0.386 e. The number of nitrogens with zero attached hydrogens (tertiary/aromatic N) is 5. The number of anilines is 1. The Kier molecular flexibility index (Phi) is 6.05. The summed E-state index contributed by atoms with van der Waals surface area (Å²) in [4.78, 5) is 32.0. The Morgan fingerprint density at radius 3 is 2.70 bits per heavy atom. The van der Waals surface area contributed by atoms with Crippen LogP contribution in [0.4, 0.5) is 5.69 Å². The first kappa shape index (κ1) is 22.0. The molecule has 4 rings (SSSR count). The SMILES string of the molecule is CNc1c(CN)cncc1-n1c(=O)c2sc(-c3ccccc3C#N)cc2n(CCC#N)c1=O. The topological polar surface area (TPSA) is 143 Å². The third-order valence-corrected chi connectivity index (χ3v) is 6.44. The quantitative estimate of drug-likeness (QED) is 0.453. The molecule has 4 aromatic rings. The minimum absolute atomic E-state index is 0.0904. The summed E-state index contributed by atoms with van der Waals surface area (Å²) in [5.41, 5.74) is 7.79. The first-order valence-corrected chi connectivity index (χ1v) is 10.9. The molecule has 3 heterocycles. The van der Waals surface area contributed by atoms with Crippen molar-refractivity contribution in [1.29, 1.82) is 10.5 Å². The molecular weight excluding hydrogens is 438 g/mol. The Hall–Kier alpha value is -4.25. The van der Waals surface area contributed by atoms with Gasteiger partial charge in [0.05, 0.1) is 47.2 Å². The van der Waals surface area contributed by atoms with Gasteiger partial charge in [0.25, 0.3) is 5.56 Å². The second kappa shape index (κ2) is 9.09. The van der Waals surface area contributed by atoms with Crippen molar-refractivity contribution in [2.45, 2.75) is 19.5 Å². The zero-order chi connectivity index (χ0) is 23.5. The van der Waals surface area contributed by atoms with Gasteiger partial charge in [-0.3, -0.25) is 14.3 Å². The number of aromatic nitrogens is 3. The number of fused-ring (bicyclic) bond motifs is 1. The van der Waals surface area contributed by atoms with Crippen LogP contribution in [0.5, 0.6) is 0 Å². The van der Waals surface area contributed by atoms with Crippen molar-refractivity contribution in [1.82, 2.24) is 14.1 Å². The van der Waals surface area contributed by atoms with Gasteiger partial charge in [-0.05, 0) is 12.1 Å². The number of nitriles is 2. The van der Waals surface area contributed by atoms with E-state index in [4.69, 9.17) is 11.0 Å². The third-order valence-electron chi connectivity index (χ3n) is 5.30. The van der Waals surface area contributed by atoms with Crippen molar-refractivity contribution in [3.05, 3.63) is 74.7 Å². The molecule has 10 heteroatoms. The van der Waals surface area contributed by atoms with Gasteiger partial charge in [-0.15, -0.1) is 11.3 Å². The second-order valence-corrected chi connectivity index (χ2v) is 8.16. The number of hydrogen-bond donors (Lipinski definition) is 2. The molecule has 0 spiro atoms. The molecule has 33 heavy (non-hydrogen) atoms. The summed E-state index contributed by atoms with van der Waals surface area (Å²) < 4.78 is 2.83. The molecule has 0 saturated carbocycles. The van der Waals surface area contributed by atoms with E-state index < -0.39 is 11.2 Å². The molecule has 164 valence electrons. The van der Waals surface area contributed by atoms with Crippen LogP contribution >= 0.6 is 11.3 Å².